The molecular formula is C17H19BrClNO. The van der Waals surface area contributed by atoms with Gasteiger partial charge in [-0.05, 0) is 55.8 Å². The number of likely N-dealkylation sites (N-methyl/N-ethyl adjacent to an activating group) is 1. The van der Waals surface area contributed by atoms with Gasteiger partial charge in [-0.1, -0.05) is 45.7 Å². The average molecular weight is 369 g/mol. The van der Waals surface area contributed by atoms with Gasteiger partial charge in [0.25, 0.3) is 0 Å². The van der Waals surface area contributed by atoms with Crippen LogP contribution < -0.4 is 10.1 Å². The maximum Gasteiger partial charge on any atom is 0.119 e. The normalized spacial score (nSPS) is 12.2. The standard InChI is InChI=1S/C17H19BrClNO/c1-3-21-15-8-5-12(6-9-15)17(20-2)10-13-4-7-14(18)11-16(13)19/h4-9,11,17,20H,3,10H2,1-2H3. The third kappa shape index (κ3) is 4.47. The van der Waals surface area contributed by atoms with E-state index in [4.69, 9.17) is 16.3 Å². The number of benzene rings is 2. The van der Waals surface area contributed by atoms with Gasteiger partial charge in [0.2, 0.25) is 0 Å². The van der Waals surface area contributed by atoms with Crippen molar-refractivity contribution in [3.05, 3.63) is 63.1 Å². The summed E-state index contributed by atoms with van der Waals surface area (Å²) in [6, 6.07) is 14.4. The second-order valence-electron chi connectivity index (χ2n) is 4.78. The van der Waals surface area contributed by atoms with Crippen molar-refractivity contribution in [1.29, 1.82) is 0 Å². The lowest BCUT2D eigenvalue weighted by atomic mass is 9.99. The second-order valence-corrected chi connectivity index (χ2v) is 6.11. The Morgan fingerprint density at radius 2 is 1.90 bits per heavy atom. The lowest BCUT2D eigenvalue weighted by Gasteiger charge is -2.18. The first-order valence-corrected chi connectivity index (χ1v) is 8.15. The fourth-order valence-corrected chi connectivity index (χ4v) is 3.01. The molecule has 0 amide bonds. The fraction of sp³-hybridized carbons (Fsp3) is 0.294. The Bertz CT molecular complexity index is 586. The molecule has 0 fully saturated rings. The Balaban J connectivity index is 2.15. The van der Waals surface area contributed by atoms with Crippen LogP contribution in [0.3, 0.4) is 0 Å². The maximum absolute atomic E-state index is 6.31. The van der Waals surface area contributed by atoms with Crippen LogP contribution in [0, 0.1) is 0 Å². The van der Waals surface area contributed by atoms with E-state index in [-0.39, 0.29) is 6.04 Å². The number of hydrogen-bond donors (Lipinski definition) is 1. The van der Waals surface area contributed by atoms with E-state index < -0.39 is 0 Å². The highest BCUT2D eigenvalue weighted by Crippen LogP contribution is 2.27. The molecule has 0 radical (unpaired) electrons. The van der Waals surface area contributed by atoms with Crippen molar-refractivity contribution in [2.45, 2.75) is 19.4 Å². The van der Waals surface area contributed by atoms with Gasteiger partial charge in [-0.2, -0.15) is 0 Å². The molecule has 0 bridgehead atoms. The second kappa shape index (κ2) is 7.83. The van der Waals surface area contributed by atoms with E-state index in [0.29, 0.717) is 6.61 Å². The van der Waals surface area contributed by atoms with Gasteiger partial charge in [-0.25, -0.2) is 0 Å². The highest BCUT2D eigenvalue weighted by molar-refractivity contribution is 9.10. The van der Waals surface area contributed by atoms with E-state index in [1.807, 2.05) is 38.2 Å². The van der Waals surface area contributed by atoms with Crippen LogP contribution in [0.2, 0.25) is 5.02 Å². The fourth-order valence-electron chi connectivity index (χ4n) is 2.26. The zero-order valence-electron chi connectivity index (χ0n) is 12.2. The summed E-state index contributed by atoms with van der Waals surface area (Å²) in [4.78, 5) is 0. The zero-order valence-corrected chi connectivity index (χ0v) is 14.5. The Morgan fingerprint density at radius 1 is 1.19 bits per heavy atom. The zero-order chi connectivity index (χ0) is 15.2. The van der Waals surface area contributed by atoms with Gasteiger partial charge >= 0.3 is 0 Å². The molecule has 0 saturated heterocycles. The number of halogens is 2. The number of ether oxygens (including phenoxy) is 1. The molecule has 2 aromatic rings. The summed E-state index contributed by atoms with van der Waals surface area (Å²) in [5, 5.41) is 4.14. The van der Waals surface area contributed by atoms with Crippen LogP contribution in [0.15, 0.2) is 46.9 Å². The van der Waals surface area contributed by atoms with E-state index in [0.717, 1.165) is 27.2 Å². The highest BCUT2D eigenvalue weighted by atomic mass is 79.9. The molecule has 2 rings (SSSR count). The Morgan fingerprint density at radius 3 is 2.48 bits per heavy atom. The van der Waals surface area contributed by atoms with E-state index in [2.05, 4.69) is 39.4 Å². The van der Waals surface area contributed by atoms with Crippen LogP contribution in [0.5, 0.6) is 5.75 Å². The first kappa shape index (κ1) is 16.3. The Labute approximate surface area is 139 Å². The predicted molar refractivity (Wildman–Crippen MR) is 92.3 cm³/mol. The van der Waals surface area contributed by atoms with Crippen LogP contribution in [0.1, 0.15) is 24.1 Å². The Hall–Kier alpha value is -1.03. The minimum atomic E-state index is 0.222. The van der Waals surface area contributed by atoms with Crippen molar-refractivity contribution in [3.63, 3.8) is 0 Å². The molecular weight excluding hydrogens is 350 g/mol. The molecule has 0 heterocycles. The molecule has 1 atom stereocenters. The van der Waals surface area contributed by atoms with Crippen molar-refractivity contribution >= 4 is 27.5 Å². The molecule has 1 unspecified atom stereocenters. The summed E-state index contributed by atoms with van der Waals surface area (Å²) in [7, 11) is 1.97. The first-order valence-electron chi connectivity index (χ1n) is 6.98. The molecule has 0 saturated carbocycles. The van der Waals surface area contributed by atoms with Crippen LogP contribution in [0.4, 0.5) is 0 Å². The number of nitrogens with one attached hydrogen (secondary N) is 1. The van der Waals surface area contributed by atoms with Crippen molar-refractivity contribution in [2.24, 2.45) is 0 Å². The third-order valence-electron chi connectivity index (χ3n) is 3.38. The minimum absolute atomic E-state index is 0.222. The molecule has 112 valence electrons. The van der Waals surface area contributed by atoms with E-state index in [1.54, 1.807) is 0 Å². The van der Waals surface area contributed by atoms with Gasteiger partial charge in [0, 0.05) is 15.5 Å². The quantitative estimate of drug-likeness (QED) is 0.774. The summed E-state index contributed by atoms with van der Waals surface area (Å²) in [5.41, 5.74) is 2.35. The highest BCUT2D eigenvalue weighted by Gasteiger charge is 2.12. The summed E-state index contributed by atoms with van der Waals surface area (Å²) in [6.07, 6.45) is 0.844. The monoisotopic (exact) mass is 367 g/mol. The Kier molecular flexibility index (Phi) is 6.09. The molecule has 4 heteroatoms. The molecule has 1 N–H and O–H groups in total. The van der Waals surface area contributed by atoms with Crippen LogP contribution in [-0.2, 0) is 6.42 Å². The summed E-state index contributed by atoms with van der Waals surface area (Å²) in [5.74, 6) is 0.901. The summed E-state index contributed by atoms with van der Waals surface area (Å²) in [6.45, 7) is 2.67. The minimum Gasteiger partial charge on any atom is -0.494 e. The largest absolute Gasteiger partial charge is 0.494 e. The van der Waals surface area contributed by atoms with Gasteiger partial charge in [-0.3, -0.25) is 0 Å². The van der Waals surface area contributed by atoms with Gasteiger partial charge in [-0.15, -0.1) is 0 Å². The van der Waals surface area contributed by atoms with Crippen molar-refractivity contribution < 1.29 is 4.74 Å². The lowest BCUT2D eigenvalue weighted by molar-refractivity contribution is 0.340. The van der Waals surface area contributed by atoms with Crippen LogP contribution in [-0.4, -0.2) is 13.7 Å². The molecule has 0 aliphatic carbocycles. The van der Waals surface area contributed by atoms with Gasteiger partial charge in [0.15, 0.2) is 0 Å². The molecule has 2 aromatic carbocycles. The van der Waals surface area contributed by atoms with E-state index in [1.165, 1.54) is 5.56 Å². The van der Waals surface area contributed by atoms with Crippen LogP contribution in [0.25, 0.3) is 0 Å². The predicted octanol–water partition coefficient (Wildman–Crippen LogP) is 5.00. The molecule has 0 aromatic heterocycles. The van der Waals surface area contributed by atoms with Gasteiger partial charge in [0.1, 0.15) is 5.75 Å². The third-order valence-corrected chi connectivity index (χ3v) is 4.23. The average Bonchev–Trinajstić information content (AvgIpc) is 2.48. The number of rotatable bonds is 6. The van der Waals surface area contributed by atoms with Crippen molar-refractivity contribution in [2.75, 3.05) is 13.7 Å². The maximum atomic E-state index is 6.31. The van der Waals surface area contributed by atoms with E-state index in [9.17, 15) is 0 Å². The van der Waals surface area contributed by atoms with Crippen molar-refractivity contribution in [3.8, 4) is 5.75 Å². The molecule has 2 nitrogen and oxygen atoms in total. The van der Waals surface area contributed by atoms with Crippen molar-refractivity contribution in [1.82, 2.24) is 5.32 Å². The first-order chi connectivity index (χ1) is 10.1. The molecule has 0 aliphatic heterocycles. The SMILES string of the molecule is CCOc1ccc(C(Cc2ccc(Br)cc2Cl)NC)cc1. The molecule has 21 heavy (non-hydrogen) atoms. The van der Waals surface area contributed by atoms with Gasteiger partial charge < -0.3 is 10.1 Å². The summed E-state index contributed by atoms with van der Waals surface area (Å²) >= 11 is 9.74. The molecule has 0 aliphatic rings. The van der Waals surface area contributed by atoms with E-state index >= 15 is 0 Å². The topological polar surface area (TPSA) is 21.3 Å². The number of hydrogen-bond acceptors (Lipinski definition) is 2. The van der Waals surface area contributed by atoms with Gasteiger partial charge in [0.05, 0.1) is 6.61 Å². The molecule has 0 spiro atoms. The lowest BCUT2D eigenvalue weighted by Crippen LogP contribution is -2.19. The summed E-state index contributed by atoms with van der Waals surface area (Å²) < 4.78 is 6.48. The van der Waals surface area contributed by atoms with Crippen LogP contribution >= 0.6 is 27.5 Å². The smallest absolute Gasteiger partial charge is 0.119 e.